The molecule has 4 heteroatoms. The number of aliphatic carboxylic acids is 1. The van der Waals surface area contributed by atoms with Crippen molar-refractivity contribution >= 4 is 23.5 Å². The quantitative estimate of drug-likeness (QED) is 0.912. The summed E-state index contributed by atoms with van der Waals surface area (Å²) in [6.07, 6.45) is 1.97. The first kappa shape index (κ1) is 13.1. The molecule has 1 atom stereocenters. The fourth-order valence-corrected chi connectivity index (χ4v) is 3.34. The number of thioether (sulfide) groups is 1. The van der Waals surface area contributed by atoms with Gasteiger partial charge in [-0.05, 0) is 42.7 Å². The Morgan fingerprint density at radius 1 is 1.44 bits per heavy atom. The molecule has 1 N–H and O–H groups in total. The third-order valence-corrected chi connectivity index (χ3v) is 4.27. The van der Waals surface area contributed by atoms with Gasteiger partial charge in [-0.25, -0.2) is 0 Å². The van der Waals surface area contributed by atoms with Gasteiger partial charge in [0.15, 0.2) is 0 Å². The zero-order valence-corrected chi connectivity index (χ0v) is 11.1. The molecule has 18 heavy (non-hydrogen) atoms. The van der Waals surface area contributed by atoms with E-state index in [-0.39, 0.29) is 5.78 Å². The van der Waals surface area contributed by atoms with E-state index in [1.54, 1.807) is 18.7 Å². The van der Waals surface area contributed by atoms with Gasteiger partial charge in [0.2, 0.25) is 0 Å². The molecule has 0 aliphatic carbocycles. The molecule has 0 saturated heterocycles. The molecule has 1 aromatic rings. The van der Waals surface area contributed by atoms with Crippen LogP contribution >= 0.6 is 11.8 Å². The Morgan fingerprint density at radius 2 is 2.22 bits per heavy atom. The summed E-state index contributed by atoms with van der Waals surface area (Å²) in [5.41, 5.74) is 1.79. The number of carboxylic acid groups (broad SMARTS) is 1. The molecule has 2 rings (SSSR count). The first-order chi connectivity index (χ1) is 8.58. The summed E-state index contributed by atoms with van der Waals surface area (Å²) >= 11 is 1.71. The van der Waals surface area contributed by atoms with Gasteiger partial charge in [-0.15, -0.1) is 11.8 Å². The summed E-state index contributed by atoms with van der Waals surface area (Å²) in [6, 6.07) is 5.78. The number of hydrogen-bond donors (Lipinski definition) is 1. The van der Waals surface area contributed by atoms with Gasteiger partial charge in [-0.3, -0.25) is 9.59 Å². The Labute approximate surface area is 111 Å². The monoisotopic (exact) mass is 264 g/mol. The van der Waals surface area contributed by atoms with Crippen LogP contribution in [0.4, 0.5) is 0 Å². The molecule has 0 amide bonds. The average molecular weight is 264 g/mol. The minimum atomic E-state index is -0.765. The van der Waals surface area contributed by atoms with E-state index in [0.29, 0.717) is 12.8 Å². The van der Waals surface area contributed by atoms with Crippen LogP contribution in [0.25, 0.3) is 0 Å². The molecule has 1 heterocycles. The summed E-state index contributed by atoms with van der Waals surface area (Å²) in [7, 11) is 0. The predicted octanol–water partition coefficient (Wildman–Crippen LogP) is 2.87. The summed E-state index contributed by atoms with van der Waals surface area (Å²) in [6.45, 7) is 1.55. The lowest BCUT2D eigenvalue weighted by atomic mass is 9.92. The van der Waals surface area contributed by atoms with E-state index in [9.17, 15) is 14.7 Å². The molecule has 1 aliphatic rings. The smallest absolute Gasteiger partial charge is 0.311 e. The first-order valence-electron chi connectivity index (χ1n) is 6.06. The standard InChI is InChI=1S/C14H16O3S/c1-9(15)7-10-4-5-13-12(8-10)11(14(16)17)3-2-6-18-13/h4-5,8,11H,2-3,6-7H2,1H3,(H,16,17). The zero-order valence-electron chi connectivity index (χ0n) is 10.3. The maximum atomic E-state index is 11.3. The van der Waals surface area contributed by atoms with Crippen LogP contribution in [0.1, 0.15) is 36.8 Å². The van der Waals surface area contributed by atoms with Crippen molar-refractivity contribution < 1.29 is 14.7 Å². The summed E-state index contributed by atoms with van der Waals surface area (Å²) in [4.78, 5) is 23.5. The predicted molar refractivity (Wildman–Crippen MR) is 71.2 cm³/mol. The highest BCUT2D eigenvalue weighted by Crippen LogP contribution is 2.36. The van der Waals surface area contributed by atoms with Gasteiger partial charge in [0.25, 0.3) is 0 Å². The number of ketones is 1. The second-order valence-electron chi connectivity index (χ2n) is 4.63. The number of carboxylic acids is 1. The van der Waals surface area contributed by atoms with Crippen LogP contribution < -0.4 is 0 Å². The number of hydrogen-bond acceptors (Lipinski definition) is 3. The summed E-state index contributed by atoms with van der Waals surface area (Å²) < 4.78 is 0. The third-order valence-electron chi connectivity index (χ3n) is 3.10. The van der Waals surface area contributed by atoms with Crippen LogP contribution in [0.3, 0.4) is 0 Å². The van der Waals surface area contributed by atoms with Crippen LogP contribution in [-0.4, -0.2) is 22.6 Å². The molecule has 1 aromatic carbocycles. The zero-order chi connectivity index (χ0) is 13.1. The lowest BCUT2D eigenvalue weighted by Gasteiger charge is -2.14. The largest absolute Gasteiger partial charge is 0.481 e. The highest BCUT2D eigenvalue weighted by atomic mass is 32.2. The van der Waals surface area contributed by atoms with E-state index in [2.05, 4.69) is 0 Å². The van der Waals surface area contributed by atoms with Crippen molar-refractivity contribution in [1.82, 2.24) is 0 Å². The van der Waals surface area contributed by atoms with Gasteiger partial charge in [0.1, 0.15) is 5.78 Å². The van der Waals surface area contributed by atoms with Crippen molar-refractivity contribution in [2.45, 2.75) is 37.0 Å². The Bertz CT molecular complexity index is 482. The molecule has 1 aliphatic heterocycles. The van der Waals surface area contributed by atoms with Crippen molar-refractivity contribution in [1.29, 1.82) is 0 Å². The third kappa shape index (κ3) is 2.93. The Morgan fingerprint density at radius 3 is 2.89 bits per heavy atom. The number of rotatable bonds is 3. The second kappa shape index (κ2) is 5.57. The summed E-state index contributed by atoms with van der Waals surface area (Å²) in [5, 5.41) is 9.31. The Balaban J connectivity index is 2.39. The van der Waals surface area contributed by atoms with E-state index in [1.807, 2.05) is 18.2 Å². The van der Waals surface area contributed by atoms with Gasteiger partial charge in [0, 0.05) is 11.3 Å². The number of fused-ring (bicyclic) bond motifs is 1. The van der Waals surface area contributed by atoms with E-state index in [0.717, 1.165) is 28.2 Å². The molecule has 0 saturated carbocycles. The minimum Gasteiger partial charge on any atom is -0.481 e. The van der Waals surface area contributed by atoms with E-state index >= 15 is 0 Å². The molecule has 0 bridgehead atoms. The number of benzene rings is 1. The Hall–Kier alpha value is -1.29. The van der Waals surface area contributed by atoms with Gasteiger partial charge < -0.3 is 5.11 Å². The van der Waals surface area contributed by atoms with Crippen molar-refractivity contribution in [2.24, 2.45) is 0 Å². The normalized spacial score (nSPS) is 18.8. The lowest BCUT2D eigenvalue weighted by Crippen LogP contribution is -2.12. The molecule has 0 fully saturated rings. The van der Waals surface area contributed by atoms with E-state index in [4.69, 9.17) is 0 Å². The molecule has 0 radical (unpaired) electrons. The van der Waals surface area contributed by atoms with Gasteiger partial charge >= 0.3 is 5.97 Å². The molecule has 0 spiro atoms. The van der Waals surface area contributed by atoms with E-state index in [1.165, 1.54) is 0 Å². The van der Waals surface area contributed by atoms with Gasteiger partial charge in [0.05, 0.1) is 5.92 Å². The van der Waals surface area contributed by atoms with Gasteiger partial charge in [-0.1, -0.05) is 12.1 Å². The lowest BCUT2D eigenvalue weighted by molar-refractivity contribution is -0.139. The van der Waals surface area contributed by atoms with Crippen molar-refractivity contribution in [3.63, 3.8) is 0 Å². The molecule has 96 valence electrons. The molecular weight excluding hydrogens is 248 g/mol. The number of carbonyl (C=O) groups excluding carboxylic acids is 1. The van der Waals surface area contributed by atoms with Crippen LogP contribution in [0.5, 0.6) is 0 Å². The molecule has 1 unspecified atom stereocenters. The van der Waals surface area contributed by atoms with Crippen LogP contribution in [-0.2, 0) is 16.0 Å². The van der Waals surface area contributed by atoms with Crippen molar-refractivity contribution in [2.75, 3.05) is 5.75 Å². The number of carbonyl (C=O) groups is 2. The minimum absolute atomic E-state index is 0.100. The topological polar surface area (TPSA) is 54.4 Å². The highest BCUT2D eigenvalue weighted by molar-refractivity contribution is 7.99. The molecular formula is C14H16O3S. The maximum absolute atomic E-state index is 11.3. The highest BCUT2D eigenvalue weighted by Gasteiger charge is 2.25. The first-order valence-corrected chi connectivity index (χ1v) is 7.04. The average Bonchev–Trinajstić information content (AvgIpc) is 2.49. The van der Waals surface area contributed by atoms with Crippen molar-refractivity contribution in [3.05, 3.63) is 29.3 Å². The fourth-order valence-electron chi connectivity index (χ4n) is 2.28. The van der Waals surface area contributed by atoms with Crippen LogP contribution in [0.2, 0.25) is 0 Å². The summed E-state index contributed by atoms with van der Waals surface area (Å²) in [5.74, 6) is -0.133. The number of Topliss-reactive ketones (excluding diaryl/α,β-unsaturated/α-hetero) is 1. The van der Waals surface area contributed by atoms with Crippen molar-refractivity contribution in [3.8, 4) is 0 Å². The second-order valence-corrected chi connectivity index (χ2v) is 5.77. The van der Waals surface area contributed by atoms with Gasteiger partial charge in [-0.2, -0.15) is 0 Å². The van der Waals surface area contributed by atoms with Crippen LogP contribution in [0.15, 0.2) is 23.1 Å². The fraction of sp³-hybridized carbons (Fsp3) is 0.429. The SMILES string of the molecule is CC(=O)Cc1ccc2c(c1)C(C(=O)O)CCCS2. The Kier molecular flexibility index (Phi) is 4.07. The van der Waals surface area contributed by atoms with E-state index < -0.39 is 11.9 Å². The molecule has 0 aromatic heterocycles. The van der Waals surface area contributed by atoms with Crippen LogP contribution in [0, 0.1) is 0 Å². The molecule has 3 nitrogen and oxygen atoms in total. The maximum Gasteiger partial charge on any atom is 0.311 e.